The Labute approximate surface area is 187 Å². The Bertz CT molecular complexity index is 1130. The lowest BCUT2D eigenvalue weighted by molar-refractivity contribution is 0.102. The van der Waals surface area contributed by atoms with E-state index in [4.69, 9.17) is 0 Å². The summed E-state index contributed by atoms with van der Waals surface area (Å²) in [6, 6.07) is 8.32. The Morgan fingerprint density at radius 2 is 1.94 bits per heavy atom. The van der Waals surface area contributed by atoms with E-state index in [0.29, 0.717) is 28.6 Å². The minimum Gasteiger partial charge on any atom is -0.312 e. The minimum absolute atomic E-state index is 0.0151. The van der Waals surface area contributed by atoms with Crippen LogP contribution in [0.1, 0.15) is 65.9 Å². The summed E-state index contributed by atoms with van der Waals surface area (Å²) in [4.78, 5) is 14.2. The fourth-order valence-electron chi connectivity index (χ4n) is 4.47. The van der Waals surface area contributed by atoms with Gasteiger partial charge >= 0.3 is 0 Å². The number of sulfonamides is 1. The van der Waals surface area contributed by atoms with Gasteiger partial charge in [0.05, 0.1) is 10.5 Å². The summed E-state index contributed by atoms with van der Waals surface area (Å²) in [5, 5.41) is 13.1. The van der Waals surface area contributed by atoms with E-state index in [0.717, 1.165) is 44.1 Å². The van der Waals surface area contributed by atoms with Crippen LogP contribution in [0.2, 0.25) is 0 Å². The molecule has 0 radical (unpaired) electrons. The van der Waals surface area contributed by atoms with Crippen LogP contribution < -0.4 is 5.32 Å². The Balaban J connectivity index is 1.53. The predicted molar refractivity (Wildman–Crippen MR) is 122 cm³/mol. The summed E-state index contributed by atoms with van der Waals surface area (Å²) in [5.74, 6) is 0.247. The van der Waals surface area contributed by atoms with Crippen molar-refractivity contribution in [3.05, 3.63) is 45.8 Å². The van der Waals surface area contributed by atoms with Crippen LogP contribution in [0.5, 0.6) is 0 Å². The first-order valence-electron chi connectivity index (χ1n) is 10.8. The third-order valence-corrected chi connectivity index (χ3v) is 9.51. The largest absolute Gasteiger partial charge is 0.312 e. The van der Waals surface area contributed by atoms with Crippen LogP contribution in [-0.2, 0) is 22.9 Å². The number of thiophene rings is 1. The molecule has 4 rings (SSSR count). The highest BCUT2D eigenvalue weighted by atomic mass is 32.2. The van der Waals surface area contributed by atoms with E-state index in [-0.39, 0.29) is 16.8 Å². The van der Waals surface area contributed by atoms with Gasteiger partial charge in [0.15, 0.2) is 0 Å². The van der Waals surface area contributed by atoms with E-state index < -0.39 is 10.0 Å². The summed E-state index contributed by atoms with van der Waals surface area (Å²) in [5.41, 5.74) is 2.01. The number of hydrogen-bond donors (Lipinski definition) is 1. The van der Waals surface area contributed by atoms with Crippen molar-refractivity contribution in [2.75, 3.05) is 11.9 Å². The smallest absolute Gasteiger partial charge is 0.256 e. The number of hydrogen-bond acceptors (Lipinski definition) is 5. The molecule has 1 aromatic heterocycles. The molecule has 0 saturated carbocycles. The SMILES string of the molecule is C[C@H]1CCc2c(sc(NC(=O)c3ccc(S(=O)(=O)N4CCCC[C@@H]4C)cc3)c2C#N)C1. The highest BCUT2D eigenvalue weighted by molar-refractivity contribution is 7.89. The van der Waals surface area contributed by atoms with Gasteiger partial charge in [0.2, 0.25) is 10.0 Å². The van der Waals surface area contributed by atoms with Crippen molar-refractivity contribution in [3.8, 4) is 6.07 Å². The lowest BCUT2D eigenvalue weighted by atomic mass is 9.88. The first-order valence-corrected chi connectivity index (χ1v) is 13.0. The number of carbonyl (C=O) groups excluding carboxylic acids is 1. The number of nitrogens with one attached hydrogen (secondary N) is 1. The van der Waals surface area contributed by atoms with Crippen LogP contribution in [0, 0.1) is 17.2 Å². The molecule has 8 heteroatoms. The van der Waals surface area contributed by atoms with Crippen molar-refractivity contribution in [1.29, 1.82) is 5.26 Å². The maximum atomic E-state index is 13.0. The van der Waals surface area contributed by atoms with Gasteiger partial charge in [0.1, 0.15) is 11.1 Å². The van der Waals surface area contributed by atoms with E-state index in [2.05, 4.69) is 18.3 Å². The number of nitriles is 1. The van der Waals surface area contributed by atoms with Gasteiger partial charge in [-0.25, -0.2) is 8.42 Å². The van der Waals surface area contributed by atoms with Gasteiger partial charge in [-0.2, -0.15) is 9.57 Å². The van der Waals surface area contributed by atoms with Gasteiger partial charge in [-0.1, -0.05) is 13.3 Å². The Morgan fingerprint density at radius 3 is 2.61 bits per heavy atom. The lowest BCUT2D eigenvalue weighted by Gasteiger charge is -2.32. The number of carbonyl (C=O) groups is 1. The Morgan fingerprint density at radius 1 is 1.19 bits per heavy atom. The molecule has 2 aliphatic rings. The first-order chi connectivity index (χ1) is 14.8. The molecule has 164 valence electrons. The molecule has 31 heavy (non-hydrogen) atoms. The second kappa shape index (κ2) is 8.73. The number of nitrogens with zero attached hydrogens (tertiary/aromatic N) is 2. The maximum Gasteiger partial charge on any atom is 0.256 e. The molecule has 1 saturated heterocycles. The average molecular weight is 458 g/mol. The molecule has 1 aliphatic carbocycles. The molecule has 1 N–H and O–H groups in total. The molecule has 2 atom stereocenters. The number of benzene rings is 1. The molecule has 2 aromatic rings. The predicted octanol–water partition coefficient (Wildman–Crippen LogP) is 4.56. The quantitative estimate of drug-likeness (QED) is 0.729. The molecule has 1 aliphatic heterocycles. The number of amides is 1. The van der Waals surface area contributed by atoms with Crippen LogP contribution >= 0.6 is 11.3 Å². The number of piperidine rings is 1. The van der Waals surface area contributed by atoms with Gasteiger partial charge in [-0.15, -0.1) is 11.3 Å². The maximum absolute atomic E-state index is 13.0. The monoisotopic (exact) mass is 457 g/mol. The first kappa shape index (κ1) is 22.0. The topological polar surface area (TPSA) is 90.3 Å². The molecule has 1 aromatic carbocycles. The van der Waals surface area contributed by atoms with Crippen LogP contribution in [0.15, 0.2) is 29.2 Å². The summed E-state index contributed by atoms with van der Waals surface area (Å²) in [6.07, 6.45) is 5.64. The molecule has 1 fully saturated rings. The van der Waals surface area contributed by atoms with Crippen molar-refractivity contribution < 1.29 is 13.2 Å². The van der Waals surface area contributed by atoms with E-state index in [1.807, 2.05) is 6.92 Å². The third-order valence-electron chi connectivity index (χ3n) is 6.32. The van der Waals surface area contributed by atoms with E-state index in [1.165, 1.54) is 28.3 Å². The number of rotatable bonds is 4. The van der Waals surface area contributed by atoms with Crippen molar-refractivity contribution in [2.24, 2.45) is 5.92 Å². The van der Waals surface area contributed by atoms with Gasteiger partial charge in [-0.3, -0.25) is 4.79 Å². The summed E-state index contributed by atoms with van der Waals surface area (Å²) in [6.45, 7) is 4.67. The van der Waals surface area contributed by atoms with Gasteiger partial charge in [0, 0.05) is 23.0 Å². The highest BCUT2D eigenvalue weighted by Gasteiger charge is 2.31. The van der Waals surface area contributed by atoms with E-state index in [9.17, 15) is 18.5 Å². The average Bonchev–Trinajstić information content (AvgIpc) is 3.09. The van der Waals surface area contributed by atoms with Crippen LogP contribution in [0.25, 0.3) is 0 Å². The number of anilines is 1. The van der Waals surface area contributed by atoms with Crippen molar-refractivity contribution in [1.82, 2.24) is 4.31 Å². The fraction of sp³-hybridized carbons (Fsp3) is 0.478. The molecular weight excluding hydrogens is 430 g/mol. The second-order valence-electron chi connectivity index (χ2n) is 8.61. The fourth-order valence-corrected chi connectivity index (χ4v) is 7.53. The van der Waals surface area contributed by atoms with Crippen molar-refractivity contribution in [3.63, 3.8) is 0 Å². The number of fused-ring (bicyclic) bond motifs is 1. The van der Waals surface area contributed by atoms with Crippen molar-refractivity contribution >= 4 is 32.3 Å². The zero-order chi connectivity index (χ0) is 22.2. The molecule has 2 heterocycles. The lowest BCUT2D eigenvalue weighted by Crippen LogP contribution is -2.41. The van der Waals surface area contributed by atoms with Gasteiger partial charge < -0.3 is 5.32 Å². The standard InChI is InChI=1S/C23H27N3O3S2/c1-15-6-11-19-20(14-24)23(30-21(19)13-15)25-22(27)17-7-9-18(10-8-17)31(28,29)26-12-4-3-5-16(26)2/h7-10,15-16H,3-6,11-13H2,1-2H3,(H,25,27)/t15-,16-/m0/s1. The highest BCUT2D eigenvalue weighted by Crippen LogP contribution is 2.39. The van der Waals surface area contributed by atoms with Crippen LogP contribution in [0.3, 0.4) is 0 Å². The zero-order valence-corrected chi connectivity index (χ0v) is 19.5. The molecular formula is C23H27N3O3S2. The second-order valence-corrected chi connectivity index (χ2v) is 11.6. The van der Waals surface area contributed by atoms with E-state index >= 15 is 0 Å². The molecule has 0 unspecified atom stereocenters. The molecule has 6 nitrogen and oxygen atoms in total. The van der Waals surface area contributed by atoms with Gasteiger partial charge in [-0.05, 0) is 74.8 Å². The molecule has 1 amide bonds. The Hall–Kier alpha value is -2.21. The third kappa shape index (κ3) is 4.27. The molecule has 0 spiro atoms. The zero-order valence-electron chi connectivity index (χ0n) is 17.8. The van der Waals surface area contributed by atoms with Crippen LogP contribution in [-0.4, -0.2) is 31.2 Å². The van der Waals surface area contributed by atoms with Gasteiger partial charge in [0.25, 0.3) is 5.91 Å². The summed E-state index contributed by atoms with van der Waals surface area (Å²) < 4.78 is 27.5. The normalized spacial score (nSPS) is 21.8. The molecule has 0 bridgehead atoms. The minimum atomic E-state index is -3.57. The Kier molecular flexibility index (Phi) is 6.20. The summed E-state index contributed by atoms with van der Waals surface area (Å²) in [7, 11) is -3.57. The van der Waals surface area contributed by atoms with E-state index in [1.54, 1.807) is 16.4 Å². The van der Waals surface area contributed by atoms with Crippen molar-refractivity contribution in [2.45, 2.75) is 63.3 Å². The summed E-state index contributed by atoms with van der Waals surface area (Å²) >= 11 is 1.48. The van der Waals surface area contributed by atoms with Crippen LogP contribution in [0.4, 0.5) is 5.00 Å².